The molecule has 2 N–H and O–H groups in total. The van der Waals surface area contributed by atoms with Crippen LogP contribution in [0.15, 0.2) is 0 Å². The zero-order valence-electron chi connectivity index (χ0n) is 9.16. The molecule has 0 aliphatic rings. The average molecular weight is 223 g/mol. The van der Waals surface area contributed by atoms with Crippen molar-refractivity contribution in [2.75, 3.05) is 12.3 Å². The standard InChI is InChI=1S/C9H21NO3S/c1-4-5-6-14(12,13)10-7-9(11)8(2)3/h8-11H,4-7H2,1-3H3/t9-/m0/s1. The molecular formula is C9H21NO3S. The molecule has 86 valence electrons. The van der Waals surface area contributed by atoms with Gasteiger partial charge in [-0.05, 0) is 12.3 Å². The first-order valence-electron chi connectivity index (χ1n) is 5.04. The highest BCUT2D eigenvalue weighted by Gasteiger charge is 2.14. The monoisotopic (exact) mass is 223 g/mol. The first-order valence-corrected chi connectivity index (χ1v) is 6.69. The molecule has 0 rings (SSSR count). The summed E-state index contributed by atoms with van der Waals surface area (Å²) in [6.07, 6.45) is 0.909. The smallest absolute Gasteiger partial charge is 0.211 e. The second kappa shape index (κ2) is 6.37. The van der Waals surface area contributed by atoms with Crippen LogP contribution < -0.4 is 4.72 Å². The van der Waals surface area contributed by atoms with Gasteiger partial charge in [-0.1, -0.05) is 27.2 Å². The number of hydrogen-bond donors (Lipinski definition) is 2. The molecule has 0 heterocycles. The van der Waals surface area contributed by atoms with Crippen LogP contribution in [0.2, 0.25) is 0 Å². The number of sulfonamides is 1. The summed E-state index contributed by atoms with van der Waals surface area (Å²) >= 11 is 0. The van der Waals surface area contributed by atoms with Crippen LogP contribution in [0, 0.1) is 5.92 Å². The van der Waals surface area contributed by atoms with Crippen LogP contribution in [-0.2, 0) is 10.0 Å². The highest BCUT2D eigenvalue weighted by atomic mass is 32.2. The number of nitrogens with one attached hydrogen (secondary N) is 1. The van der Waals surface area contributed by atoms with E-state index in [9.17, 15) is 13.5 Å². The predicted molar refractivity (Wildman–Crippen MR) is 57.5 cm³/mol. The average Bonchev–Trinajstić information content (AvgIpc) is 2.11. The van der Waals surface area contributed by atoms with Gasteiger partial charge in [0, 0.05) is 6.54 Å². The van der Waals surface area contributed by atoms with Gasteiger partial charge in [-0.2, -0.15) is 0 Å². The van der Waals surface area contributed by atoms with Gasteiger partial charge in [-0.3, -0.25) is 0 Å². The van der Waals surface area contributed by atoms with Crippen molar-refractivity contribution in [1.29, 1.82) is 0 Å². The molecule has 0 aromatic rings. The number of hydrogen-bond acceptors (Lipinski definition) is 3. The van der Waals surface area contributed by atoms with Crippen LogP contribution in [0.5, 0.6) is 0 Å². The lowest BCUT2D eigenvalue weighted by molar-refractivity contribution is 0.129. The maximum absolute atomic E-state index is 11.3. The van der Waals surface area contributed by atoms with E-state index in [-0.39, 0.29) is 18.2 Å². The molecule has 0 aliphatic heterocycles. The summed E-state index contributed by atoms with van der Waals surface area (Å²) in [5.41, 5.74) is 0. The van der Waals surface area contributed by atoms with E-state index in [2.05, 4.69) is 4.72 Å². The van der Waals surface area contributed by atoms with Gasteiger partial charge in [0.15, 0.2) is 0 Å². The topological polar surface area (TPSA) is 66.4 Å². The minimum atomic E-state index is -3.18. The second-order valence-corrected chi connectivity index (χ2v) is 5.76. The minimum Gasteiger partial charge on any atom is -0.391 e. The molecule has 4 nitrogen and oxygen atoms in total. The zero-order valence-corrected chi connectivity index (χ0v) is 9.97. The minimum absolute atomic E-state index is 0.0730. The Morgan fingerprint density at radius 3 is 2.36 bits per heavy atom. The van der Waals surface area contributed by atoms with Crippen molar-refractivity contribution in [3.63, 3.8) is 0 Å². The van der Waals surface area contributed by atoms with Gasteiger partial charge in [0.1, 0.15) is 0 Å². The van der Waals surface area contributed by atoms with Gasteiger partial charge in [0.05, 0.1) is 11.9 Å². The number of aliphatic hydroxyl groups is 1. The maximum atomic E-state index is 11.3. The van der Waals surface area contributed by atoms with Crippen LogP contribution in [0.25, 0.3) is 0 Å². The zero-order chi connectivity index (χ0) is 11.2. The van der Waals surface area contributed by atoms with Crippen LogP contribution >= 0.6 is 0 Å². The lowest BCUT2D eigenvalue weighted by Crippen LogP contribution is -2.35. The van der Waals surface area contributed by atoms with Gasteiger partial charge < -0.3 is 5.11 Å². The summed E-state index contributed by atoms with van der Waals surface area (Å²) in [7, 11) is -3.18. The van der Waals surface area contributed by atoms with Gasteiger partial charge in [-0.25, -0.2) is 13.1 Å². The summed E-state index contributed by atoms with van der Waals surface area (Å²) < 4.78 is 25.0. The molecule has 0 bridgehead atoms. The summed E-state index contributed by atoms with van der Waals surface area (Å²) in [6, 6.07) is 0. The molecule has 0 saturated carbocycles. The summed E-state index contributed by atoms with van der Waals surface area (Å²) in [4.78, 5) is 0. The van der Waals surface area contributed by atoms with E-state index in [1.165, 1.54) is 0 Å². The third-order valence-electron chi connectivity index (χ3n) is 2.05. The Labute approximate surface area is 86.8 Å². The van der Waals surface area contributed by atoms with E-state index in [4.69, 9.17) is 0 Å². The Bertz CT molecular complexity index is 236. The molecule has 14 heavy (non-hydrogen) atoms. The van der Waals surface area contributed by atoms with E-state index in [0.29, 0.717) is 6.42 Å². The van der Waals surface area contributed by atoms with E-state index < -0.39 is 16.1 Å². The lowest BCUT2D eigenvalue weighted by Gasteiger charge is -2.14. The number of rotatable bonds is 7. The van der Waals surface area contributed by atoms with Crippen molar-refractivity contribution >= 4 is 10.0 Å². The molecule has 0 saturated heterocycles. The summed E-state index contributed by atoms with van der Waals surface area (Å²) in [6.45, 7) is 5.76. The Kier molecular flexibility index (Phi) is 6.31. The van der Waals surface area contributed by atoms with Crippen molar-refractivity contribution in [3.8, 4) is 0 Å². The first kappa shape index (κ1) is 13.9. The third kappa shape index (κ3) is 6.34. The molecule has 0 spiro atoms. The summed E-state index contributed by atoms with van der Waals surface area (Å²) in [5.74, 6) is 0.220. The Morgan fingerprint density at radius 1 is 1.36 bits per heavy atom. The van der Waals surface area contributed by atoms with Crippen molar-refractivity contribution in [1.82, 2.24) is 4.72 Å². The number of unbranched alkanes of at least 4 members (excludes halogenated alkanes) is 1. The Hall–Kier alpha value is -0.130. The number of aliphatic hydroxyl groups excluding tert-OH is 1. The van der Waals surface area contributed by atoms with E-state index in [1.807, 2.05) is 20.8 Å². The first-order chi connectivity index (χ1) is 6.39. The van der Waals surface area contributed by atoms with Crippen molar-refractivity contribution in [2.45, 2.75) is 39.7 Å². The summed E-state index contributed by atoms with van der Waals surface area (Å²) in [5, 5.41) is 9.39. The molecular weight excluding hydrogens is 202 g/mol. The lowest BCUT2D eigenvalue weighted by atomic mass is 10.1. The molecule has 0 aromatic heterocycles. The molecule has 0 aromatic carbocycles. The van der Waals surface area contributed by atoms with E-state index >= 15 is 0 Å². The Morgan fingerprint density at radius 2 is 1.93 bits per heavy atom. The molecule has 5 heteroatoms. The van der Waals surface area contributed by atoms with Crippen LogP contribution in [0.4, 0.5) is 0 Å². The second-order valence-electron chi connectivity index (χ2n) is 3.83. The van der Waals surface area contributed by atoms with E-state index in [0.717, 1.165) is 6.42 Å². The highest BCUT2D eigenvalue weighted by Crippen LogP contribution is 2.00. The molecule has 0 unspecified atom stereocenters. The van der Waals surface area contributed by atoms with Crippen molar-refractivity contribution < 1.29 is 13.5 Å². The quantitative estimate of drug-likeness (QED) is 0.668. The predicted octanol–water partition coefficient (Wildman–Crippen LogP) is 0.723. The van der Waals surface area contributed by atoms with Gasteiger partial charge in [-0.15, -0.1) is 0 Å². The molecule has 0 radical (unpaired) electrons. The molecule has 0 aliphatic carbocycles. The van der Waals surface area contributed by atoms with Crippen LogP contribution in [0.1, 0.15) is 33.6 Å². The van der Waals surface area contributed by atoms with Gasteiger partial charge >= 0.3 is 0 Å². The SMILES string of the molecule is CCCCS(=O)(=O)NC[C@H](O)C(C)C. The van der Waals surface area contributed by atoms with Crippen LogP contribution in [0.3, 0.4) is 0 Å². The van der Waals surface area contributed by atoms with Crippen molar-refractivity contribution in [3.05, 3.63) is 0 Å². The molecule has 0 amide bonds. The fourth-order valence-corrected chi connectivity index (χ4v) is 2.09. The fourth-order valence-electron chi connectivity index (χ4n) is 0.855. The molecule has 1 atom stereocenters. The molecule has 0 fully saturated rings. The van der Waals surface area contributed by atoms with E-state index in [1.54, 1.807) is 0 Å². The Balaban J connectivity index is 3.87. The van der Waals surface area contributed by atoms with Crippen LogP contribution in [-0.4, -0.2) is 31.9 Å². The third-order valence-corrected chi connectivity index (χ3v) is 3.48. The van der Waals surface area contributed by atoms with Crippen molar-refractivity contribution in [2.24, 2.45) is 5.92 Å². The highest BCUT2D eigenvalue weighted by molar-refractivity contribution is 7.89. The van der Waals surface area contributed by atoms with Gasteiger partial charge in [0.2, 0.25) is 10.0 Å². The maximum Gasteiger partial charge on any atom is 0.211 e. The van der Waals surface area contributed by atoms with Gasteiger partial charge in [0.25, 0.3) is 0 Å². The fraction of sp³-hybridized carbons (Fsp3) is 1.00. The largest absolute Gasteiger partial charge is 0.391 e. The normalized spacial score (nSPS) is 14.6.